The molecule has 3 aromatic carbocycles. The molecule has 1 fully saturated rings. The lowest BCUT2D eigenvalue weighted by atomic mass is 10.0. The van der Waals surface area contributed by atoms with Gasteiger partial charge in [-0.1, -0.05) is 35.9 Å². The second kappa shape index (κ2) is 9.41. The van der Waals surface area contributed by atoms with E-state index in [9.17, 15) is 12.8 Å². The molecule has 2 atom stereocenters. The lowest BCUT2D eigenvalue weighted by Gasteiger charge is -2.13. The van der Waals surface area contributed by atoms with E-state index in [0.717, 1.165) is 35.7 Å². The molecule has 4 N–H and O–H groups in total. The average molecular weight is 512 g/mol. The second-order valence-electron chi connectivity index (χ2n) is 8.61. The molecule has 180 valence electrons. The van der Waals surface area contributed by atoms with Gasteiger partial charge >= 0.3 is 0 Å². The molecule has 1 heterocycles. The molecule has 0 spiro atoms. The first-order valence-corrected chi connectivity index (χ1v) is 13.0. The van der Waals surface area contributed by atoms with Crippen LogP contribution in [0.4, 0.5) is 16.0 Å². The monoisotopic (exact) mass is 511 g/mol. The van der Waals surface area contributed by atoms with Crippen LogP contribution in [-0.2, 0) is 10.0 Å². The normalized spacial score (nSPS) is 18.0. The van der Waals surface area contributed by atoms with Gasteiger partial charge in [-0.15, -0.1) is 0 Å². The van der Waals surface area contributed by atoms with Gasteiger partial charge in [-0.05, 0) is 66.8 Å². The quantitative estimate of drug-likeness (QED) is 0.329. The number of benzene rings is 3. The van der Waals surface area contributed by atoms with Crippen LogP contribution in [0.3, 0.4) is 0 Å². The molecule has 35 heavy (non-hydrogen) atoms. The van der Waals surface area contributed by atoms with Crippen molar-refractivity contribution in [3.8, 4) is 11.1 Å². The third-order valence-electron chi connectivity index (χ3n) is 6.06. The number of hydrogen-bond donors (Lipinski definition) is 3. The van der Waals surface area contributed by atoms with Crippen LogP contribution in [0.5, 0.6) is 0 Å². The second-order valence-corrected chi connectivity index (χ2v) is 10.7. The minimum Gasteiger partial charge on any atom is -0.351 e. The summed E-state index contributed by atoms with van der Waals surface area (Å²) in [5.41, 5.74) is 7.92. The maximum atomic E-state index is 14.9. The predicted molar refractivity (Wildman–Crippen MR) is 136 cm³/mol. The highest BCUT2D eigenvalue weighted by atomic mass is 35.5. The summed E-state index contributed by atoms with van der Waals surface area (Å²) in [6.45, 7) is 0. The van der Waals surface area contributed by atoms with Crippen molar-refractivity contribution < 1.29 is 12.8 Å². The molecule has 0 saturated heterocycles. The molecule has 4 aromatic rings. The number of sulfonamides is 1. The van der Waals surface area contributed by atoms with Gasteiger partial charge in [-0.25, -0.2) is 22.8 Å². The van der Waals surface area contributed by atoms with Crippen molar-refractivity contribution >= 4 is 44.2 Å². The van der Waals surface area contributed by atoms with Crippen LogP contribution in [0.2, 0.25) is 5.02 Å². The molecule has 1 aromatic heterocycles. The highest BCUT2D eigenvalue weighted by Gasteiger charge is 2.22. The molecule has 0 radical (unpaired) electrons. The van der Waals surface area contributed by atoms with Crippen LogP contribution in [0, 0.1) is 5.82 Å². The Morgan fingerprint density at radius 1 is 1.03 bits per heavy atom. The number of fused-ring (bicyclic) bond motifs is 1. The third-order valence-corrected chi connectivity index (χ3v) is 7.92. The lowest BCUT2D eigenvalue weighted by molar-refractivity contribution is 0.598. The molecule has 1 saturated carbocycles. The fraction of sp³-hybridized carbons (Fsp3) is 0.200. The zero-order valence-corrected chi connectivity index (χ0v) is 20.2. The third kappa shape index (κ3) is 5.07. The fourth-order valence-electron chi connectivity index (χ4n) is 4.25. The number of halogens is 2. The Morgan fingerprint density at radius 2 is 1.80 bits per heavy atom. The Bertz CT molecular complexity index is 1520. The van der Waals surface area contributed by atoms with E-state index in [1.165, 1.54) is 24.3 Å². The van der Waals surface area contributed by atoms with Crippen LogP contribution >= 0.6 is 11.6 Å². The molecule has 0 aliphatic heterocycles. The molecule has 1 aliphatic carbocycles. The van der Waals surface area contributed by atoms with Gasteiger partial charge < -0.3 is 11.1 Å². The van der Waals surface area contributed by atoms with Crippen LogP contribution in [0.15, 0.2) is 71.8 Å². The van der Waals surface area contributed by atoms with Crippen LogP contribution in [-0.4, -0.2) is 30.5 Å². The number of hydrogen-bond acceptors (Lipinski definition) is 6. The van der Waals surface area contributed by atoms with E-state index in [1.54, 1.807) is 24.4 Å². The summed E-state index contributed by atoms with van der Waals surface area (Å²) in [7, 11) is -4.04. The molecule has 1 aliphatic rings. The van der Waals surface area contributed by atoms with E-state index < -0.39 is 15.8 Å². The van der Waals surface area contributed by atoms with Crippen molar-refractivity contribution in [1.29, 1.82) is 0 Å². The summed E-state index contributed by atoms with van der Waals surface area (Å²) in [5.74, 6) is -0.144. The van der Waals surface area contributed by atoms with Gasteiger partial charge in [0.2, 0.25) is 5.95 Å². The average Bonchev–Trinajstić information content (AvgIpc) is 3.24. The van der Waals surface area contributed by atoms with E-state index in [4.69, 9.17) is 17.3 Å². The fourth-order valence-corrected chi connectivity index (χ4v) is 5.84. The van der Waals surface area contributed by atoms with Crippen molar-refractivity contribution in [1.82, 2.24) is 9.97 Å². The smallest absolute Gasteiger partial charge is 0.263 e. The molecule has 0 bridgehead atoms. The molecule has 0 amide bonds. The molecule has 5 rings (SSSR count). The summed E-state index contributed by atoms with van der Waals surface area (Å²) in [6.07, 6.45) is 4.62. The summed E-state index contributed by atoms with van der Waals surface area (Å²) < 4.78 is 42.4. The minimum atomic E-state index is -4.04. The first-order chi connectivity index (χ1) is 16.8. The van der Waals surface area contributed by atoms with Crippen molar-refractivity contribution in [3.63, 3.8) is 0 Å². The number of aromatic nitrogens is 2. The number of nitrogens with zero attached hydrogens (tertiary/aromatic N) is 2. The van der Waals surface area contributed by atoms with Crippen LogP contribution in [0.1, 0.15) is 19.3 Å². The predicted octanol–water partition coefficient (Wildman–Crippen LogP) is 5.18. The largest absolute Gasteiger partial charge is 0.351 e. The Hall–Kier alpha value is -3.27. The molecule has 0 unspecified atom stereocenters. The summed E-state index contributed by atoms with van der Waals surface area (Å²) in [4.78, 5) is 8.87. The standard InChI is InChI=1S/C25H23ClFN5O2S/c26-20-3-1-2-4-24(20)35(33,34)32-23-10-6-16(12-21(23)27)15-5-9-22-17(11-15)14-29-25(31-22)30-19-8-7-18(28)13-19/h1-6,9-12,14,18-19,32H,7-8,13,28H2,(H,29,30,31)/t18-,19+/m0/s1. The Labute approximate surface area is 207 Å². The summed E-state index contributed by atoms with van der Waals surface area (Å²) >= 11 is 5.99. The van der Waals surface area contributed by atoms with Crippen LogP contribution < -0.4 is 15.8 Å². The van der Waals surface area contributed by atoms with Gasteiger partial charge in [-0.3, -0.25) is 4.72 Å². The maximum absolute atomic E-state index is 14.9. The maximum Gasteiger partial charge on any atom is 0.263 e. The minimum absolute atomic E-state index is 0.0561. The van der Waals surface area contributed by atoms with Gasteiger partial charge in [0.25, 0.3) is 10.0 Å². The van der Waals surface area contributed by atoms with E-state index in [1.807, 2.05) is 18.2 Å². The highest BCUT2D eigenvalue weighted by Crippen LogP contribution is 2.30. The van der Waals surface area contributed by atoms with E-state index in [0.29, 0.717) is 11.5 Å². The van der Waals surface area contributed by atoms with E-state index in [2.05, 4.69) is 20.0 Å². The van der Waals surface area contributed by atoms with E-state index in [-0.39, 0.29) is 27.7 Å². The zero-order chi connectivity index (χ0) is 24.6. The molecule has 7 nitrogen and oxygen atoms in total. The van der Waals surface area contributed by atoms with Crippen molar-refractivity contribution in [2.45, 2.75) is 36.2 Å². The first-order valence-electron chi connectivity index (χ1n) is 11.1. The number of nitrogens with two attached hydrogens (primary N) is 1. The van der Waals surface area contributed by atoms with Gasteiger partial charge in [0, 0.05) is 23.7 Å². The SMILES string of the molecule is N[C@H]1CC[C@@H](Nc2ncc3cc(-c4ccc(NS(=O)(=O)c5ccccc5Cl)c(F)c4)ccc3n2)C1. The summed E-state index contributed by atoms with van der Waals surface area (Å²) in [5, 5.41) is 4.20. The van der Waals surface area contributed by atoms with Gasteiger partial charge in [0.15, 0.2) is 0 Å². The van der Waals surface area contributed by atoms with Crippen LogP contribution in [0.25, 0.3) is 22.0 Å². The molecule has 10 heteroatoms. The molecular weight excluding hydrogens is 489 g/mol. The molecular formula is C25H23ClFN5O2S. The zero-order valence-electron chi connectivity index (χ0n) is 18.6. The number of anilines is 2. The summed E-state index contributed by atoms with van der Waals surface area (Å²) in [6, 6.07) is 16.4. The van der Waals surface area contributed by atoms with Crippen molar-refractivity contribution in [3.05, 3.63) is 77.7 Å². The Morgan fingerprint density at radius 3 is 2.54 bits per heavy atom. The van der Waals surface area contributed by atoms with Crippen molar-refractivity contribution in [2.75, 3.05) is 10.0 Å². The Balaban J connectivity index is 1.36. The first kappa shape index (κ1) is 23.5. The Kier molecular flexibility index (Phi) is 6.31. The van der Waals surface area contributed by atoms with Crippen molar-refractivity contribution in [2.24, 2.45) is 5.73 Å². The lowest BCUT2D eigenvalue weighted by Crippen LogP contribution is -2.21. The number of rotatable bonds is 6. The van der Waals surface area contributed by atoms with Gasteiger partial charge in [0.1, 0.15) is 10.7 Å². The highest BCUT2D eigenvalue weighted by molar-refractivity contribution is 7.92. The van der Waals surface area contributed by atoms with Gasteiger partial charge in [0.05, 0.1) is 16.2 Å². The van der Waals surface area contributed by atoms with E-state index >= 15 is 0 Å². The number of nitrogens with one attached hydrogen (secondary N) is 2. The topological polar surface area (TPSA) is 110 Å². The van der Waals surface area contributed by atoms with Gasteiger partial charge in [-0.2, -0.15) is 0 Å².